The van der Waals surface area contributed by atoms with E-state index in [1.807, 2.05) is 0 Å². The molecule has 6 nitrogen and oxygen atoms in total. The summed E-state index contributed by atoms with van der Waals surface area (Å²) in [6.07, 6.45) is 31.8. The Labute approximate surface area is 246 Å². The molecule has 6 heteroatoms. The van der Waals surface area contributed by atoms with E-state index in [1.54, 1.807) is 0 Å². The smallest absolute Gasteiger partial charge is 0.322 e. The number of esters is 1. The molecule has 0 saturated carbocycles. The first-order valence-corrected chi connectivity index (χ1v) is 16.8. The van der Waals surface area contributed by atoms with Crippen molar-refractivity contribution in [2.45, 2.75) is 180 Å². The Morgan fingerprint density at radius 1 is 0.625 bits per heavy atom. The molecule has 1 unspecified atom stereocenters. The number of allylic oxidation sites excluding steroid dienone is 2. The highest BCUT2D eigenvalue weighted by Gasteiger charge is 2.14. The molecule has 1 atom stereocenters. The molecule has 0 rings (SSSR count). The zero-order valence-corrected chi connectivity index (χ0v) is 26.2. The lowest BCUT2D eigenvalue weighted by atomic mass is 10.0. The number of ether oxygens (including phenoxy) is 1. The predicted octanol–water partition coefficient (Wildman–Crippen LogP) is 9.45. The van der Waals surface area contributed by atoms with Gasteiger partial charge in [-0.2, -0.15) is 0 Å². The SMILES string of the molecule is CCCCCC/C=C\CCCCCCCC(=O)OC(CCCCCCCC)CCCCCCC(=O)NCC(=O)O. The third-order valence-corrected chi connectivity index (χ3v) is 7.44. The van der Waals surface area contributed by atoms with E-state index in [0.717, 1.165) is 57.8 Å². The fraction of sp³-hybridized carbons (Fsp3) is 0.853. The maximum Gasteiger partial charge on any atom is 0.322 e. The first-order chi connectivity index (χ1) is 19.5. The molecule has 40 heavy (non-hydrogen) atoms. The van der Waals surface area contributed by atoms with Crippen molar-refractivity contribution in [1.29, 1.82) is 0 Å². The van der Waals surface area contributed by atoms with Gasteiger partial charge in [-0.15, -0.1) is 0 Å². The molecule has 0 aromatic rings. The molecule has 1 amide bonds. The highest BCUT2D eigenvalue weighted by molar-refractivity contribution is 5.80. The Morgan fingerprint density at radius 3 is 1.62 bits per heavy atom. The summed E-state index contributed by atoms with van der Waals surface area (Å²) >= 11 is 0. The van der Waals surface area contributed by atoms with Crippen molar-refractivity contribution < 1.29 is 24.2 Å². The molecule has 0 radical (unpaired) electrons. The van der Waals surface area contributed by atoms with Crippen molar-refractivity contribution >= 4 is 17.8 Å². The summed E-state index contributed by atoms with van der Waals surface area (Å²) in [6, 6.07) is 0. The van der Waals surface area contributed by atoms with Gasteiger partial charge in [0.15, 0.2) is 0 Å². The van der Waals surface area contributed by atoms with Crippen LogP contribution in [-0.4, -0.2) is 35.6 Å². The molecule has 0 aliphatic rings. The lowest BCUT2D eigenvalue weighted by molar-refractivity contribution is -0.150. The number of hydrogen-bond donors (Lipinski definition) is 2. The number of carboxylic acids is 1. The van der Waals surface area contributed by atoms with E-state index in [9.17, 15) is 14.4 Å². The number of unbranched alkanes of at least 4 members (excludes halogenated alkanes) is 17. The first-order valence-electron chi connectivity index (χ1n) is 16.8. The zero-order chi connectivity index (χ0) is 29.5. The molecule has 234 valence electrons. The van der Waals surface area contributed by atoms with Crippen LogP contribution in [0.1, 0.15) is 174 Å². The van der Waals surface area contributed by atoms with Crippen LogP contribution in [0, 0.1) is 0 Å². The minimum absolute atomic E-state index is 0.00583. The van der Waals surface area contributed by atoms with Crippen molar-refractivity contribution in [2.24, 2.45) is 0 Å². The van der Waals surface area contributed by atoms with Gasteiger partial charge in [-0.05, 0) is 64.2 Å². The van der Waals surface area contributed by atoms with Crippen LogP contribution < -0.4 is 5.32 Å². The van der Waals surface area contributed by atoms with Gasteiger partial charge in [0.1, 0.15) is 12.6 Å². The molecule has 0 aromatic heterocycles. The van der Waals surface area contributed by atoms with Gasteiger partial charge in [-0.25, -0.2) is 0 Å². The summed E-state index contributed by atoms with van der Waals surface area (Å²) in [5.74, 6) is -1.27. The number of carbonyl (C=O) groups excluding carboxylic acids is 2. The highest BCUT2D eigenvalue weighted by atomic mass is 16.5. The molecule has 0 fully saturated rings. The lowest BCUT2D eigenvalue weighted by Gasteiger charge is -2.18. The molecule has 0 saturated heterocycles. The van der Waals surface area contributed by atoms with E-state index >= 15 is 0 Å². The molecule has 0 aliphatic heterocycles. The molecule has 0 spiro atoms. The van der Waals surface area contributed by atoms with Crippen LogP contribution in [0.3, 0.4) is 0 Å². The molecule has 0 aliphatic carbocycles. The van der Waals surface area contributed by atoms with E-state index in [0.29, 0.717) is 12.8 Å². The van der Waals surface area contributed by atoms with Crippen molar-refractivity contribution in [2.75, 3.05) is 6.54 Å². The topological polar surface area (TPSA) is 92.7 Å². The third kappa shape index (κ3) is 29.1. The van der Waals surface area contributed by atoms with Gasteiger partial charge in [-0.3, -0.25) is 14.4 Å². The molecular formula is C34H63NO5. The number of hydrogen-bond acceptors (Lipinski definition) is 4. The lowest BCUT2D eigenvalue weighted by Crippen LogP contribution is -2.28. The summed E-state index contributed by atoms with van der Waals surface area (Å²) in [7, 11) is 0. The third-order valence-electron chi connectivity index (χ3n) is 7.44. The number of carbonyl (C=O) groups is 3. The molecule has 0 bridgehead atoms. The fourth-order valence-electron chi connectivity index (χ4n) is 4.92. The van der Waals surface area contributed by atoms with E-state index in [1.165, 1.54) is 89.9 Å². The number of carboxylic acid groups (broad SMARTS) is 1. The van der Waals surface area contributed by atoms with Gasteiger partial charge in [0, 0.05) is 12.8 Å². The largest absolute Gasteiger partial charge is 0.480 e. The maximum atomic E-state index is 12.5. The van der Waals surface area contributed by atoms with Crippen LogP contribution in [-0.2, 0) is 19.1 Å². The van der Waals surface area contributed by atoms with Crippen molar-refractivity contribution in [1.82, 2.24) is 5.32 Å². The summed E-state index contributed by atoms with van der Waals surface area (Å²) < 4.78 is 5.92. The predicted molar refractivity (Wildman–Crippen MR) is 166 cm³/mol. The second-order valence-corrected chi connectivity index (χ2v) is 11.4. The van der Waals surface area contributed by atoms with Gasteiger partial charge < -0.3 is 15.2 Å². The quantitative estimate of drug-likeness (QED) is 0.0514. The summed E-state index contributed by atoms with van der Waals surface area (Å²) in [4.78, 5) is 34.7. The fourth-order valence-corrected chi connectivity index (χ4v) is 4.92. The normalized spacial score (nSPS) is 12.1. The monoisotopic (exact) mass is 565 g/mol. The van der Waals surface area contributed by atoms with Crippen molar-refractivity contribution in [3.63, 3.8) is 0 Å². The second-order valence-electron chi connectivity index (χ2n) is 11.4. The summed E-state index contributed by atoms with van der Waals surface area (Å²) in [6.45, 7) is 4.16. The standard InChI is InChI=1S/C34H63NO5/c1-3-5-7-9-11-12-13-14-15-16-17-19-25-29-34(39)40-31(26-22-18-10-8-6-4-2)27-23-20-21-24-28-32(36)35-30-33(37)38/h12-13,31H,3-11,14-30H2,1-2H3,(H,35,36)(H,37,38)/b13-12-. The van der Waals surface area contributed by atoms with Crippen LogP contribution in [0.25, 0.3) is 0 Å². The molecule has 0 aromatic carbocycles. The minimum Gasteiger partial charge on any atom is -0.480 e. The van der Waals surface area contributed by atoms with Gasteiger partial charge in [0.2, 0.25) is 5.91 Å². The average Bonchev–Trinajstić information content (AvgIpc) is 2.93. The minimum atomic E-state index is -1.02. The van der Waals surface area contributed by atoms with E-state index in [-0.39, 0.29) is 24.5 Å². The van der Waals surface area contributed by atoms with E-state index in [4.69, 9.17) is 9.84 Å². The summed E-state index contributed by atoms with van der Waals surface area (Å²) in [5.41, 5.74) is 0. The Morgan fingerprint density at radius 2 is 1.07 bits per heavy atom. The van der Waals surface area contributed by atoms with E-state index < -0.39 is 5.97 Å². The number of aliphatic carboxylic acids is 1. The van der Waals surface area contributed by atoms with Gasteiger partial charge in [0.05, 0.1) is 0 Å². The maximum absolute atomic E-state index is 12.5. The Kier molecular flexibility index (Phi) is 28.7. The Bertz CT molecular complexity index is 634. The van der Waals surface area contributed by atoms with E-state index in [2.05, 4.69) is 31.3 Å². The Balaban J connectivity index is 4.06. The highest BCUT2D eigenvalue weighted by Crippen LogP contribution is 2.18. The number of amides is 1. The molecule has 0 heterocycles. The van der Waals surface area contributed by atoms with Crippen molar-refractivity contribution in [3.8, 4) is 0 Å². The number of rotatable bonds is 30. The van der Waals surface area contributed by atoms with Crippen LogP contribution in [0.5, 0.6) is 0 Å². The van der Waals surface area contributed by atoms with Crippen molar-refractivity contribution in [3.05, 3.63) is 12.2 Å². The van der Waals surface area contributed by atoms with Crippen LogP contribution in [0.4, 0.5) is 0 Å². The first kappa shape index (κ1) is 38.1. The van der Waals surface area contributed by atoms with Crippen LogP contribution in [0.2, 0.25) is 0 Å². The zero-order valence-electron chi connectivity index (χ0n) is 26.2. The molecule has 2 N–H and O–H groups in total. The van der Waals surface area contributed by atoms with Crippen LogP contribution >= 0.6 is 0 Å². The Hall–Kier alpha value is -1.85. The average molecular weight is 566 g/mol. The van der Waals surface area contributed by atoms with Gasteiger partial charge in [-0.1, -0.05) is 109 Å². The van der Waals surface area contributed by atoms with Gasteiger partial charge in [0.25, 0.3) is 0 Å². The molecular weight excluding hydrogens is 502 g/mol. The number of nitrogens with one attached hydrogen (secondary N) is 1. The second kappa shape index (κ2) is 30.1. The summed E-state index contributed by atoms with van der Waals surface area (Å²) in [5, 5.41) is 11.0. The van der Waals surface area contributed by atoms with Gasteiger partial charge >= 0.3 is 11.9 Å². The van der Waals surface area contributed by atoms with Crippen LogP contribution in [0.15, 0.2) is 12.2 Å².